The molecule has 142 valence electrons. The van der Waals surface area contributed by atoms with Crippen molar-refractivity contribution in [1.29, 1.82) is 0 Å². The lowest BCUT2D eigenvalue weighted by Gasteiger charge is -2.30. The van der Waals surface area contributed by atoms with Crippen molar-refractivity contribution >= 4 is 28.8 Å². The first-order valence-electron chi connectivity index (χ1n) is 9.17. The van der Waals surface area contributed by atoms with E-state index in [2.05, 4.69) is 15.6 Å². The van der Waals surface area contributed by atoms with E-state index in [0.717, 1.165) is 18.4 Å². The minimum Gasteiger partial charge on any atom is -0.357 e. The van der Waals surface area contributed by atoms with Crippen LogP contribution in [0.4, 0.5) is 0 Å². The van der Waals surface area contributed by atoms with Crippen molar-refractivity contribution in [1.82, 2.24) is 20.2 Å². The third-order valence-corrected chi connectivity index (χ3v) is 5.41. The molecule has 3 unspecified atom stereocenters. The van der Waals surface area contributed by atoms with Gasteiger partial charge in [-0.3, -0.25) is 19.7 Å². The number of fused-ring (bicyclic) bond motifs is 1. The minimum absolute atomic E-state index is 0.0754. The second-order valence-electron chi connectivity index (χ2n) is 7.01. The monoisotopic (exact) mass is 386 g/mol. The highest BCUT2D eigenvalue weighted by atomic mass is 35.5. The number of allylic oxidation sites excluding steroid dienone is 1. The van der Waals surface area contributed by atoms with Gasteiger partial charge in [-0.1, -0.05) is 23.7 Å². The first-order chi connectivity index (χ1) is 13.0. The number of aromatic nitrogens is 2. The van der Waals surface area contributed by atoms with Crippen LogP contribution < -0.4 is 21.9 Å². The zero-order valence-corrected chi connectivity index (χ0v) is 16.1. The number of benzene rings is 1. The summed E-state index contributed by atoms with van der Waals surface area (Å²) in [5, 5.41) is 7.38. The normalized spacial score (nSPS) is 25.0. The highest BCUT2D eigenvalue weighted by Crippen LogP contribution is 2.36. The summed E-state index contributed by atoms with van der Waals surface area (Å²) in [5.74, 6) is 0.704. The second-order valence-corrected chi connectivity index (χ2v) is 7.42. The Labute approximate surface area is 162 Å². The number of aliphatic imine (C=N–C) groups is 1. The fourth-order valence-corrected chi connectivity index (χ4v) is 3.80. The molecule has 2 aromatic rings. The molecule has 0 radical (unpaired) electrons. The predicted octanol–water partition coefficient (Wildman–Crippen LogP) is 2.22. The summed E-state index contributed by atoms with van der Waals surface area (Å²) in [6.45, 7) is 3.93. The molecule has 0 spiro atoms. The molecule has 4 rings (SSSR count). The number of halogens is 1. The van der Waals surface area contributed by atoms with E-state index in [1.807, 2.05) is 32.1 Å². The summed E-state index contributed by atoms with van der Waals surface area (Å²) in [6.07, 6.45) is 4.98. The summed E-state index contributed by atoms with van der Waals surface area (Å²) in [6, 6.07) is 5.36. The summed E-state index contributed by atoms with van der Waals surface area (Å²) in [4.78, 5) is 22.4. The van der Waals surface area contributed by atoms with Crippen LogP contribution in [-0.4, -0.2) is 28.2 Å². The topological polar surface area (TPSA) is 97.3 Å². The molecule has 4 N–H and O–H groups in total. The molecule has 0 bridgehead atoms. The molecule has 0 saturated heterocycles. The van der Waals surface area contributed by atoms with Gasteiger partial charge in [-0.2, -0.15) is 0 Å². The number of nitrogens with zero attached hydrogens (tertiary/aromatic N) is 3. The Morgan fingerprint density at radius 2 is 2.22 bits per heavy atom. The summed E-state index contributed by atoms with van der Waals surface area (Å²) in [5.41, 5.74) is 7.59. The summed E-state index contributed by atoms with van der Waals surface area (Å²) >= 11 is 6.28. The molecule has 7 nitrogen and oxygen atoms in total. The van der Waals surface area contributed by atoms with Crippen molar-refractivity contribution in [2.45, 2.75) is 51.1 Å². The Hall–Kier alpha value is -2.22. The maximum absolute atomic E-state index is 13.2. The van der Waals surface area contributed by atoms with Gasteiger partial charge in [0.15, 0.2) is 0 Å². The third-order valence-electron chi connectivity index (χ3n) is 5.10. The predicted molar refractivity (Wildman–Crippen MR) is 108 cm³/mol. The lowest BCUT2D eigenvalue weighted by molar-refractivity contribution is 0.437. The van der Waals surface area contributed by atoms with Crippen molar-refractivity contribution in [2.75, 3.05) is 0 Å². The van der Waals surface area contributed by atoms with Crippen LogP contribution in [0.15, 0.2) is 39.6 Å². The number of nitrogens with one attached hydrogen (secondary N) is 2. The Morgan fingerprint density at radius 3 is 2.93 bits per heavy atom. The highest BCUT2D eigenvalue weighted by Gasteiger charge is 2.32. The first kappa shape index (κ1) is 18.2. The van der Waals surface area contributed by atoms with Gasteiger partial charge in [0.1, 0.15) is 18.2 Å². The van der Waals surface area contributed by atoms with Gasteiger partial charge in [0.25, 0.3) is 5.56 Å². The molecule has 2 heterocycles. The van der Waals surface area contributed by atoms with Gasteiger partial charge in [0, 0.05) is 11.6 Å². The molecule has 8 heteroatoms. The van der Waals surface area contributed by atoms with Crippen LogP contribution in [0.5, 0.6) is 0 Å². The molecule has 27 heavy (non-hydrogen) atoms. The third kappa shape index (κ3) is 3.26. The Balaban J connectivity index is 1.77. The number of rotatable bonds is 4. The van der Waals surface area contributed by atoms with Crippen LogP contribution >= 0.6 is 11.6 Å². The van der Waals surface area contributed by atoms with Gasteiger partial charge in [0.2, 0.25) is 0 Å². The van der Waals surface area contributed by atoms with Crippen LogP contribution in [0.2, 0.25) is 5.02 Å². The van der Waals surface area contributed by atoms with Crippen LogP contribution in [0.25, 0.3) is 10.9 Å². The summed E-state index contributed by atoms with van der Waals surface area (Å²) < 4.78 is 1.80. The maximum Gasteiger partial charge on any atom is 0.263 e. The quantitative estimate of drug-likeness (QED) is 0.700. The SMILES string of the molecule is CC=C1C(N)NC=NC1NC(C)c1nc2cccc(Cl)c2c(=O)n1C1CC1. The number of nitrogens with two attached hydrogens (primary N) is 1. The van der Waals surface area contributed by atoms with Crippen molar-refractivity contribution in [3.63, 3.8) is 0 Å². The van der Waals surface area contributed by atoms with Crippen molar-refractivity contribution in [2.24, 2.45) is 10.7 Å². The Kier molecular flexibility index (Phi) is 4.75. The van der Waals surface area contributed by atoms with E-state index in [-0.39, 0.29) is 30.0 Å². The van der Waals surface area contributed by atoms with E-state index in [4.69, 9.17) is 22.3 Å². The van der Waals surface area contributed by atoms with E-state index in [1.165, 1.54) is 0 Å². The van der Waals surface area contributed by atoms with Gasteiger partial charge in [-0.25, -0.2) is 4.98 Å². The second kappa shape index (κ2) is 7.07. The molecular weight excluding hydrogens is 364 g/mol. The van der Waals surface area contributed by atoms with E-state index < -0.39 is 0 Å². The molecule has 1 fully saturated rings. The molecule has 1 aliphatic carbocycles. The van der Waals surface area contributed by atoms with Crippen LogP contribution in [0.1, 0.15) is 44.6 Å². The molecule has 1 aliphatic heterocycles. The lowest BCUT2D eigenvalue weighted by Crippen LogP contribution is -2.50. The zero-order valence-electron chi connectivity index (χ0n) is 15.3. The number of hydrogen-bond acceptors (Lipinski definition) is 6. The minimum atomic E-state index is -0.286. The zero-order chi connectivity index (χ0) is 19.1. The van der Waals surface area contributed by atoms with Gasteiger partial charge in [0.05, 0.1) is 28.3 Å². The molecular formula is C19H23ClN6O. The average Bonchev–Trinajstić information content (AvgIpc) is 3.46. The van der Waals surface area contributed by atoms with Gasteiger partial charge < -0.3 is 11.1 Å². The number of hydrogen-bond donors (Lipinski definition) is 3. The molecule has 1 saturated carbocycles. The van der Waals surface area contributed by atoms with E-state index in [0.29, 0.717) is 21.7 Å². The Morgan fingerprint density at radius 1 is 1.44 bits per heavy atom. The molecule has 3 atom stereocenters. The fraction of sp³-hybridized carbons (Fsp3) is 0.421. The molecule has 1 aromatic heterocycles. The van der Waals surface area contributed by atoms with Gasteiger partial charge in [-0.05, 0) is 38.8 Å². The van der Waals surface area contributed by atoms with Gasteiger partial charge in [-0.15, -0.1) is 0 Å². The van der Waals surface area contributed by atoms with Crippen LogP contribution in [0, 0.1) is 0 Å². The lowest BCUT2D eigenvalue weighted by atomic mass is 10.1. The van der Waals surface area contributed by atoms with Gasteiger partial charge >= 0.3 is 0 Å². The first-order valence-corrected chi connectivity index (χ1v) is 9.55. The largest absolute Gasteiger partial charge is 0.357 e. The van der Waals surface area contributed by atoms with Crippen molar-refractivity contribution in [3.05, 3.63) is 51.0 Å². The Bertz CT molecular complexity index is 994. The van der Waals surface area contributed by atoms with Crippen molar-refractivity contribution in [3.8, 4) is 0 Å². The molecule has 1 aromatic carbocycles. The smallest absolute Gasteiger partial charge is 0.263 e. The van der Waals surface area contributed by atoms with E-state index in [1.54, 1.807) is 17.0 Å². The van der Waals surface area contributed by atoms with Crippen LogP contribution in [0.3, 0.4) is 0 Å². The average molecular weight is 387 g/mol. The molecule has 0 amide bonds. The summed E-state index contributed by atoms with van der Waals surface area (Å²) in [7, 11) is 0. The van der Waals surface area contributed by atoms with E-state index >= 15 is 0 Å². The van der Waals surface area contributed by atoms with E-state index in [9.17, 15) is 4.79 Å². The molecule has 2 aliphatic rings. The van der Waals surface area contributed by atoms with Crippen molar-refractivity contribution < 1.29 is 0 Å². The van der Waals surface area contributed by atoms with Crippen LogP contribution in [-0.2, 0) is 0 Å². The highest BCUT2D eigenvalue weighted by molar-refractivity contribution is 6.35. The standard InChI is InChI=1S/C19H23ClN6O/c1-3-12-16(21)22-9-23-17(12)24-10(2)18-25-14-6-4-5-13(20)15(14)19(27)26(18)11-7-8-11/h3-6,9-11,16-17,24H,7-8,21H2,1-2H3,(H,22,23). The maximum atomic E-state index is 13.2. The fourth-order valence-electron chi connectivity index (χ4n) is 3.55.